The quantitative estimate of drug-likeness (QED) is 0.584. The van der Waals surface area contributed by atoms with E-state index in [1.165, 1.54) is 0 Å². The summed E-state index contributed by atoms with van der Waals surface area (Å²) < 4.78 is 5.44. The van der Waals surface area contributed by atoms with E-state index in [-0.39, 0.29) is 11.9 Å². The molecule has 0 aliphatic rings. The Hall–Kier alpha value is -0.610. The van der Waals surface area contributed by atoms with Gasteiger partial charge < -0.3 is 15.4 Å². The zero-order valence-corrected chi connectivity index (χ0v) is 11.0. The molecule has 0 aromatic heterocycles. The van der Waals surface area contributed by atoms with E-state index >= 15 is 0 Å². The summed E-state index contributed by atoms with van der Waals surface area (Å²) in [4.78, 5) is 11.3. The van der Waals surface area contributed by atoms with Crippen LogP contribution in [0.4, 0.5) is 0 Å². The number of amides is 1. The van der Waals surface area contributed by atoms with Crippen LogP contribution in [0.1, 0.15) is 34.1 Å². The Morgan fingerprint density at radius 3 is 2.56 bits per heavy atom. The minimum atomic E-state index is -0.120. The molecule has 0 radical (unpaired) electrons. The zero-order chi connectivity index (χ0) is 12.4. The van der Waals surface area contributed by atoms with E-state index in [1.54, 1.807) is 0 Å². The van der Waals surface area contributed by atoms with Gasteiger partial charge in [0.15, 0.2) is 0 Å². The summed E-state index contributed by atoms with van der Waals surface area (Å²) >= 11 is 0. The van der Waals surface area contributed by atoms with Crippen molar-refractivity contribution in [3.63, 3.8) is 0 Å². The fourth-order valence-corrected chi connectivity index (χ4v) is 1.23. The summed E-state index contributed by atoms with van der Waals surface area (Å²) in [5.41, 5.74) is 0. The van der Waals surface area contributed by atoms with Gasteiger partial charge in [0, 0.05) is 19.8 Å². The van der Waals surface area contributed by atoms with Crippen LogP contribution in [0.15, 0.2) is 0 Å². The normalized spacial score (nSPS) is 12.8. The van der Waals surface area contributed by atoms with Gasteiger partial charge in [-0.05, 0) is 32.7 Å². The van der Waals surface area contributed by atoms with E-state index in [0.29, 0.717) is 12.5 Å². The lowest BCUT2D eigenvalue weighted by atomic mass is 10.2. The van der Waals surface area contributed by atoms with Crippen LogP contribution in [0.2, 0.25) is 0 Å². The summed E-state index contributed by atoms with van der Waals surface area (Å²) in [7, 11) is 0. The van der Waals surface area contributed by atoms with Crippen molar-refractivity contribution in [3.05, 3.63) is 0 Å². The van der Waals surface area contributed by atoms with Crippen molar-refractivity contribution in [1.29, 1.82) is 0 Å². The molecule has 1 amide bonds. The van der Waals surface area contributed by atoms with Gasteiger partial charge in [0.2, 0.25) is 5.91 Å². The van der Waals surface area contributed by atoms with Crippen molar-refractivity contribution in [2.75, 3.05) is 26.3 Å². The molecule has 0 aromatic rings. The number of carbonyl (C=O) groups is 1. The molecule has 0 fully saturated rings. The Bertz CT molecular complexity index is 184. The summed E-state index contributed by atoms with van der Waals surface area (Å²) in [6.07, 6.45) is 0.941. The number of rotatable bonds is 9. The zero-order valence-electron chi connectivity index (χ0n) is 11.0. The van der Waals surface area contributed by atoms with Crippen LogP contribution in [-0.4, -0.2) is 38.3 Å². The second kappa shape index (κ2) is 9.60. The maximum Gasteiger partial charge on any atom is 0.236 e. The monoisotopic (exact) mass is 230 g/mol. The lowest BCUT2D eigenvalue weighted by Gasteiger charge is -2.13. The number of hydrogen-bond donors (Lipinski definition) is 2. The van der Waals surface area contributed by atoms with E-state index in [2.05, 4.69) is 24.5 Å². The number of nitrogens with one attached hydrogen (secondary N) is 2. The highest BCUT2D eigenvalue weighted by molar-refractivity contribution is 5.81. The SMILES string of the molecule is CCNC(=O)C(C)NCCCOCC(C)C. The average Bonchev–Trinajstić information content (AvgIpc) is 2.22. The van der Waals surface area contributed by atoms with Crippen molar-refractivity contribution < 1.29 is 9.53 Å². The van der Waals surface area contributed by atoms with Gasteiger partial charge in [-0.15, -0.1) is 0 Å². The molecule has 4 nitrogen and oxygen atoms in total. The largest absolute Gasteiger partial charge is 0.381 e. The van der Waals surface area contributed by atoms with Crippen LogP contribution in [0.5, 0.6) is 0 Å². The second-order valence-corrected chi connectivity index (χ2v) is 4.39. The van der Waals surface area contributed by atoms with Gasteiger partial charge in [-0.1, -0.05) is 13.8 Å². The Labute approximate surface area is 99.1 Å². The van der Waals surface area contributed by atoms with Gasteiger partial charge >= 0.3 is 0 Å². The molecule has 0 aliphatic carbocycles. The smallest absolute Gasteiger partial charge is 0.236 e. The van der Waals surface area contributed by atoms with Crippen LogP contribution in [-0.2, 0) is 9.53 Å². The topological polar surface area (TPSA) is 50.4 Å². The molecular weight excluding hydrogens is 204 g/mol. The molecule has 16 heavy (non-hydrogen) atoms. The molecule has 2 N–H and O–H groups in total. The Kier molecular flexibility index (Phi) is 9.24. The first-order valence-corrected chi connectivity index (χ1v) is 6.16. The number of hydrogen-bond acceptors (Lipinski definition) is 3. The van der Waals surface area contributed by atoms with Crippen molar-refractivity contribution >= 4 is 5.91 Å². The molecule has 0 saturated heterocycles. The predicted molar refractivity (Wildman–Crippen MR) is 66.4 cm³/mol. The summed E-state index contributed by atoms with van der Waals surface area (Å²) in [6, 6.07) is -0.120. The molecule has 0 rings (SSSR count). The maximum atomic E-state index is 11.3. The average molecular weight is 230 g/mol. The minimum absolute atomic E-state index is 0.0607. The minimum Gasteiger partial charge on any atom is -0.381 e. The van der Waals surface area contributed by atoms with E-state index in [9.17, 15) is 4.79 Å². The first-order valence-electron chi connectivity index (χ1n) is 6.16. The fourth-order valence-electron chi connectivity index (χ4n) is 1.23. The van der Waals surface area contributed by atoms with Crippen LogP contribution in [0.25, 0.3) is 0 Å². The highest BCUT2D eigenvalue weighted by Gasteiger charge is 2.09. The number of carbonyl (C=O) groups excluding carboxylic acids is 1. The number of likely N-dealkylation sites (N-methyl/N-ethyl adjacent to an activating group) is 1. The maximum absolute atomic E-state index is 11.3. The summed E-state index contributed by atoms with van der Waals surface area (Å²) in [6.45, 7) is 11.1. The molecule has 0 aromatic carbocycles. The van der Waals surface area contributed by atoms with Gasteiger partial charge in [0.25, 0.3) is 0 Å². The van der Waals surface area contributed by atoms with Crippen LogP contribution in [0, 0.1) is 5.92 Å². The Morgan fingerprint density at radius 2 is 2.00 bits per heavy atom. The van der Waals surface area contributed by atoms with Crippen LogP contribution >= 0.6 is 0 Å². The molecule has 4 heteroatoms. The van der Waals surface area contributed by atoms with Gasteiger partial charge in [0.1, 0.15) is 0 Å². The van der Waals surface area contributed by atoms with Crippen molar-refractivity contribution in [2.24, 2.45) is 5.92 Å². The predicted octanol–water partition coefficient (Wildman–Crippen LogP) is 1.16. The highest BCUT2D eigenvalue weighted by Crippen LogP contribution is 1.93. The lowest BCUT2D eigenvalue weighted by Crippen LogP contribution is -2.42. The van der Waals surface area contributed by atoms with E-state index < -0.39 is 0 Å². The fraction of sp³-hybridized carbons (Fsp3) is 0.917. The van der Waals surface area contributed by atoms with Crippen LogP contribution in [0.3, 0.4) is 0 Å². The molecule has 1 atom stereocenters. The molecule has 0 spiro atoms. The first kappa shape index (κ1) is 15.4. The van der Waals surface area contributed by atoms with Crippen molar-refractivity contribution in [3.8, 4) is 0 Å². The second-order valence-electron chi connectivity index (χ2n) is 4.39. The van der Waals surface area contributed by atoms with Crippen molar-refractivity contribution in [1.82, 2.24) is 10.6 Å². The third kappa shape index (κ3) is 8.68. The van der Waals surface area contributed by atoms with Crippen molar-refractivity contribution in [2.45, 2.75) is 40.2 Å². The third-order valence-corrected chi connectivity index (χ3v) is 2.11. The molecule has 0 heterocycles. The Balaban J connectivity index is 3.34. The van der Waals surface area contributed by atoms with Crippen LogP contribution < -0.4 is 10.6 Å². The number of ether oxygens (including phenoxy) is 1. The lowest BCUT2D eigenvalue weighted by molar-refractivity contribution is -0.122. The van der Waals surface area contributed by atoms with Gasteiger partial charge in [-0.25, -0.2) is 0 Å². The molecule has 0 bridgehead atoms. The summed E-state index contributed by atoms with van der Waals surface area (Å²) in [5, 5.41) is 5.94. The Morgan fingerprint density at radius 1 is 1.31 bits per heavy atom. The van der Waals surface area contributed by atoms with E-state index in [4.69, 9.17) is 4.74 Å². The van der Waals surface area contributed by atoms with Gasteiger partial charge in [0.05, 0.1) is 6.04 Å². The van der Waals surface area contributed by atoms with Gasteiger partial charge in [-0.2, -0.15) is 0 Å². The van der Waals surface area contributed by atoms with E-state index in [1.807, 2.05) is 13.8 Å². The molecule has 96 valence electrons. The van der Waals surface area contributed by atoms with E-state index in [0.717, 1.165) is 26.2 Å². The standard InChI is InChI=1S/C12H26N2O2/c1-5-13-12(15)11(4)14-7-6-8-16-9-10(2)3/h10-11,14H,5-9H2,1-4H3,(H,13,15). The molecular formula is C12H26N2O2. The summed E-state index contributed by atoms with van der Waals surface area (Å²) in [5.74, 6) is 0.646. The first-order chi connectivity index (χ1) is 7.57. The molecule has 0 saturated carbocycles. The van der Waals surface area contributed by atoms with Gasteiger partial charge in [-0.3, -0.25) is 4.79 Å². The third-order valence-electron chi connectivity index (χ3n) is 2.11. The molecule has 1 unspecified atom stereocenters. The highest BCUT2D eigenvalue weighted by atomic mass is 16.5. The molecule has 0 aliphatic heterocycles.